The third-order valence-corrected chi connectivity index (χ3v) is 7.42. The van der Waals surface area contributed by atoms with Gasteiger partial charge in [-0.1, -0.05) is 29.5 Å². The van der Waals surface area contributed by atoms with E-state index in [1.165, 1.54) is 35.9 Å². The summed E-state index contributed by atoms with van der Waals surface area (Å²) < 4.78 is 7.55. The third kappa shape index (κ3) is 5.46. The first-order valence-corrected chi connectivity index (χ1v) is 13.2. The third-order valence-electron chi connectivity index (χ3n) is 6.49. The Balaban J connectivity index is 1.29. The van der Waals surface area contributed by atoms with Crippen LogP contribution in [0.3, 0.4) is 0 Å². The Kier molecular flexibility index (Phi) is 7.24. The zero-order chi connectivity index (χ0) is 24.2. The van der Waals surface area contributed by atoms with E-state index in [-0.39, 0.29) is 11.7 Å². The number of rotatable bonds is 7. The minimum atomic E-state index is -0.0570. The molecule has 0 aliphatic carbocycles. The molecule has 1 N–H and O–H groups in total. The summed E-state index contributed by atoms with van der Waals surface area (Å²) >= 11 is 1.40. The van der Waals surface area contributed by atoms with Gasteiger partial charge in [0, 0.05) is 37.6 Å². The SMILES string of the molecule is Cc1ccc(-n2c(SCC(=O)Nc3ccc(N4CCCC4)cc3C)nnc2N2CCOCC2)cc1. The van der Waals surface area contributed by atoms with Crippen LogP contribution < -0.4 is 15.1 Å². The topological polar surface area (TPSA) is 75.5 Å². The summed E-state index contributed by atoms with van der Waals surface area (Å²) in [6.07, 6.45) is 2.49. The molecule has 2 fully saturated rings. The Morgan fingerprint density at radius 3 is 2.37 bits per heavy atom. The number of carbonyl (C=O) groups excluding carboxylic acids is 1. The summed E-state index contributed by atoms with van der Waals surface area (Å²) in [5, 5.41) is 12.7. The Morgan fingerprint density at radius 2 is 1.66 bits per heavy atom. The van der Waals surface area contributed by atoms with Crippen LogP contribution in [0.4, 0.5) is 17.3 Å². The molecule has 9 heteroatoms. The highest BCUT2D eigenvalue weighted by molar-refractivity contribution is 7.99. The zero-order valence-electron chi connectivity index (χ0n) is 20.4. The molecule has 0 bridgehead atoms. The second-order valence-electron chi connectivity index (χ2n) is 9.08. The summed E-state index contributed by atoms with van der Waals surface area (Å²) in [5.41, 5.74) is 5.33. The van der Waals surface area contributed by atoms with Crippen molar-refractivity contribution in [2.75, 3.05) is 60.3 Å². The van der Waals surface area contributed by atoms with E-state index in [2.05, 4.69) is 68.6 Å². The molecule has 5 rings (SSSR count). The smallest absolute Gasteiger partial charge is 0.234 e. The molecule has 0 atom stereocenters. The van der Waals surface area contributed by atoms with Crippen molar-refractivity contribution in [3.63, 3.8) is 0 Å². The number of hydrogen-bond acceptors (Lipinski definition) is 7. The predicted octanol–water partition coefficient (Wildman–Crippen LogP) is 4.05. The first kappa shape index (κ1) is 23.7. The van der Waals surface area contributed by atoms with E-state index in [4.69, 9.17) is 4.74 Å². The highest BCUT2D eigenvalue weighted by Crippen LogP contribution is 2.29. The van der Waals surface area contributed by atoms with E-state index in [1.54, 1.807) is 0 Å². The molecule has 0 radical (unpaired) electrons. The molecule has 2 saturated heterocycles. The number of nitrogens with zero attached hydrogens (tertiary/aromatic N) is 5. The van der Waals surface area contributed by atoms with Gasteiger partial charge in [-0.05, 0) is 62.6 Å². The number of aromatic nitrogens is 3. The van der Waals surface area contributed by atoms with Gasteiger partial charge in [-0.15, -0.1) is 10.2 Å². The molecule has 3 heterocycles. The Labute approximate surface area is 210 Å². The number of hydrogen-bond donors (Lipinski definition) is 1. The van der Waals surface area contributed by atoms with Gasteiger partial charge in [0.1, 0.15) is 0 Å². The number of benzene rings is 2. The van der Waals surface area contributed by atoms with Crippen LogP contribution >= 0.6 is 11.8 Å². The standard InChI is InChI=1S/C26H32N6O2S/c1-19-5-7-21(8-6-19)32-25(31-13-15-34-16-14-31)28-29-26(32)35-18-24(33)27-23-10-9-22(17-20(23)2)30-11-3-4-12-30/h5-10,17H,3-4,11-16,18H2,1-2H3,(H,27,33). The monoisotopic (exact) mass is 492 g/mol. The fraction of sp³-hybridized carbons (Fsp3) is 0.423. The largest absolute Gasteiger partial charge is 0.378 e. The molecule has 2 aliphatic rings. The van der Waals surface area contributed by atoms with E-state index in [0.717, 1.165) is 49.1 Å². The molecule has 1 amide bonds. The summed E-state index contributed by atoms with van der Waals surface area (Å²) in [5.74, 6) is 0.979. The van der Waals surface area contributed by atoms with Crippen molar-refractivity contribution in [2.45, 2.75) is 31.8 Å². The molecule has 2 aromatic carbocycles. The maximum atomic E-state index is 12.9. The minimum absolute atomic E-state index is 0.0570. The summed E-state index contributed by atoms with van der Waals surface area (Å²) in [6, 6.07) is 14.6. The number of aryl methyl sites for hydroxylation is 2. The number of ether oxygens (including phenoxy) is 1. The second-order valence-corrected chi connectivity index (χ2v) is 10.0. The summed E-state index contributed by atoms with van der Waals surface area (Å²) in [4.78, 5) is 17.4. The van der Waals surface area contributed by atoms with Crippen molar-refractivity contribution in [2.24, 2.45) is 0 Å². The molecule has 1 aromatic heterocycles. The van der Waals surface area contributed by atoms with Crippen molar-refractivity contribution >= 4 is 35.0 Å². The summed E-state index contributed by atoms with van der Waals surface area (Å²) in [7, 11) is 0. The lowest BCUT2D eigenvalue weighted by Gasteiger charge is -2.28. The quantitative estimate of drug-likeness (QED) is 0.499. The number of amides is 1. The van der Waals surface area contributed by atoms with Crippen LogP contribution in [-0.2, 0) is 9.53 Å². The lowest BCUT2D eigenvalue weighted by atomic mass is 10.1. The lowest BCUT2D eigenvalue weighted by Crippen LogP contribution is -2.37. The van der Waals surface area contributed by atoms with Crippen molar-refractivity contribution < 1.29 is 9.53 Å². The number of nitrogens with one attached hydrogen (secondary N) is 1. The number of carbonyl (C=O) groups is 1. The fourth-order valence-electron chi connectivity index (χ4n) is 4.52. The average molecular weight is 493 g/mol. The van der Waals surface area contributed by atoms with Gasteiger partial charge in [-0.3, -0.25) is 9.36 Å². The second kappa shape index (κ2) is 10.7. The highest BCUT2D eigenvalue weighted by atomic mass is 32.2. The van der Waals surface area contributed by atoms with Gasteiger partial charge in [0.05, 0.1) is 24.7 Å². The number of anilines is 3. The van der Waals surface area contributed by atoms with Crippen molar-refractivity contribution in [3.05, 3.63) is 53.6 Å². The maximum absolute atomic E-state index is 12.9. The van der Waals surface area contributed by atoms with Crippen molar-refractivity contribution in [1.29, 1.82) is 0 Å². The predicted molar refractivity (Wildman–Crippen MR) is 141 cm³/mol. The molecule has 0 unspecified atom stereocenters. The van der Waals surface area contributed by atoms with Crippen LogP contribution in [-0.4, -0.2) is 65.8 Å². The zero-order valence-corrected chi connectivity index (χ0v) is 21.2. The van der Waals surface area contributed by atoms with Gasteiger partial charge in [0.15, 0.2) is 5.16 Å². The fourth-order valence-corrected chi connectivity index (χ4v) is 5.27. The molecular formula is C26H32N6O2S. The van der Waals surface area contributed by atoms with E-state index in [1.807, 2.05) is 17.6 Å². The highest BCUT2D eigenvalue weighted by Gasteiger charge is 2.22. The van der Waals surface area contributed by atoms with Crippen molar-refractivity contribution in [3.8, 4) is 5.69 Å². The molecular weight excluding hydrogens is 460 g/mol. The average Bonchev–Trinajstić information content (AvgIpc) is 3.56. The normalized spacial score (nSPS) is 16.1. The lowest BCUT2D eigenvalue weighted by molar-refractivity contribution is -0.113. The van der Waals surface area contributed by atoms with Crippen LogP contribution in [0.15, 0.2) is 47.6 Å². The summed E-state index contributed by atoms with van der Waals surface area (Å²) in [6.45, 7) is 9.20. The molecule has 2 aliphatic heterocycles. The first-order valence-electron chi connectivity index (χ1n) is 12.2. The Bertz CT molecular complexity index is 1170. The van der Waals surface area contributed by atoms with E-state index in [9.17, 15) is 4.79 Å². The van der Waals surface area contributed by atoms with Gasteiger partial charge in [-0.2, -0.15) is 0 Å². The van der Waals surface area contributed by atoms with Crippen LogP contribution in [0.25, 0.3) is 5.69 Å². The number of thioether (sulfide) groups is 1. The van der Waals surface area contributed by atoms with Crippen LogP contribution in [0.2, 0.25) is 0 Å². The Hall–Kier alpha value is -3.04. The van der Waals surface area contributed by atoms with E-state index in [0.29, 0.717) is 18.4 Å². The maximum Gasteiger partial charge on any atom is 0.234 e. The van der Waals surface area contributed by atoms with Crippen molar-refractivity contribution in [1.82, 2.24) is 14.8 Å². The van der Waals surface area contributed by atoms with Crippen LogP contribution in [0.5, 0.6) is 0 Å². The van der Waals surface area contributed by atoms with Gasteiger partial charge in [0.25, 0.3) is 0 Å². The van der Waals surface area contributed by atoms with E-state index >= 15 is 0 Å². The van der Waals surface area contributed by atoms with Gasteiger partial charge < -0.3 is 19.9 Å². The molecule has 35 heavy (non-hydrogen) atoms. The van der Waals surface area contributed by atoms with Crippen LogP contribution in [0, 0.1) is 13.8 Å². The van der Waals surface area contributed by atoms with Crippen LogP contribution in [0.1, 0.15) is 24.0 Å². The molecule has 0 saturated carbocycles. The molecule has 0 spiro atoms. The van der Waals surface area contributed by atoms with Gasteiger partial charge in [-0.25, -0.2) is 0 Å². The minimum Gasteiger partial charge on any atom is -0.378 e. The number of morpholine rings is 1. The first-order chi connectivity index (χ1) is 17.1. The van der Waals surface area contributed by atoms with E-state index < -0.39 is 0 Å². The van der Waals surface area contributed by atoms with Gasteiger partial charge in [0.2, 0.25) is 11.9 Å². The van der Waals surface area contributed by atoms with Gasteiger partial charge >= 0.3 is 0 Å². The Morgan fingerprint density at radius 1 is 0.943 bits per heavy atom. The molecule has 184 valence electrons. The molecule has 8 nitrogen and oxygen atoms in total. The molecule has 3 aromatic rings.